The Balaban J connectivity index is 1.72. The van der Waals surface area contributed by atoms with E-state index in [9.17, 15) is 14.7 Å². The summed E-state index contributed by atoms with van der Waals surface area (Å²) in [7, 11) is -0.756. The number of carbonyl (C=O) groups excluding carboxylic acids is 2. The molecule has 0 radical (unpaired) electrons. The molecular weight excluding hydrogens is 523 g/mol. The number of rotatable bonds is 11. The van der Waals surface area contributed by atoms with Gasteiger partial charge in [0.2, 0.25) is 0 Å². The van der Waals surface area contributed by atoms with Gasteiger partial charge in [-0.25, -0.2) is 4.39 Å². The van der Waals surface area contributed by atoms with Gasteiger partial charge >= 0.3 is 5.97 Å². The Morgan fingerprint density at radius 2 is 1.84 bits per heavy atom. The Morgan fingerprint density at radius 1 is 1.18 bits per heavy atom. The third kappa shape index (κ3) is 6.85. The molecule has 1 aliphatic rings. The summed E-state index contributed by atoms with van der Waals surface area (Å²) in [5.74, 6) is -1.18. The van der Waals surface area contributed by atoms with Crippen molar-refractivity contribution in [3.63, 3.8) is 0 Å². The molecule has 0 amide bonds. The van der Waals surface area contributed by atoms with Gasteiger partial charge in [-0.3, -0.25) is 9.59 Å². The number of hydrogen-bond donors (Lipinski definition) is 1. The van der Waals surface area contributed by atoms with Crippen molar-refractivity contribution in [2.24, 2.45) is 11.8 Å². The highest BCUT2D eigenvalue weighted by molar-refractivity contribution is 6.74. The Labute approximate surface area is 231 Å². The van der Waals surface area contributed by atoms with Gasteiger partial charge in [0.05, 0.1) is 25.2 Å². The maximum atomic E-state index is 15.4. The Kier molecular flexibility index (Phi) is 9.48. The second-order valence-corrected chi connectivity index (χ2v) is 17.1. The zero-order chi connectivity index (χ0) is 28.4. The van der Waals surface area contributed by atoms with E-state index in [-0.39, 0.29) is 70.0 Å². The molecule has 2 atom stereocenters. The van der Waals surface area contributed by atoms with Crippen molar-refractivity contribution in [3.05, 3.63) is 63.4 Å². The predicted octanol–water partition coefficient (Wildman–Crippen LogP) is 7.82. The van der Waals surface area contributed by atoms with Crippen LogP contribution in [0.25, 0.3) is 0 Å². The highest BCUT2D eigenvalue weighted by atomic mass is 35.5. The van der Waals surface area contributed by atoms with Crippen LogP contribution < -0.4 is 0 Å². The molecule has 0 aromatic heterocycles. The molecule has 0 aliphatic heterocycles. The standard InChI is InChI=1S/C30H40ClFO5Si/c1-18(29(35)36-5)27(20-9-10-20)21-11-8-19(26(34)16-21)12-15-25(33)22-13-14-24(31)23(28(22)32)17-37-38(6,7)30(2,3)4/h8,11,13-14,16,18,20,27,34H,9-10,12,15,17H2,1-7H3. The average molecular weight is 563 g/mol. The van der Waals surface area contributed by atoms with Crippen LogP contribution in [-0.4, -0.2) is 32.3 Å². The molecule has 1 N–H and O–H groups in total. The fraction of sp³-hybridized carbons (Fsp3) is 0.533. The number of halogens is 2. The quantitative estimate of drug-likeness (QED) is 0.172. The van der Waals surface area contributed by atoms with Crippen molar-refractivity contribution >= 4 is 31.7 Å². The van der Waals surface area contributed by atoms with Crippen molar-refractivity contribution in [2.45, 2.75) is 84.0 Å². The Morgan fingerprint density at radius 3 is 2.39 bits per heavy atom. The molecule has 2 aromatic carbocycles. The maximum Gasteiger partial charge on any atom is 0.309 e. The van der Waals surface area contributed by atoms with E-state index < -0.39 is 14.1 Å². The largest absolute Gasteiger partial charge is 0.508 e. The molecule has 5 nitrogen and oxygen atoms in total. The number of Topliss-reactive ketones (excluding diaryl/α,β-unsaturated/α-hetero) is 1. The van der Waals surface area contributed by atoms with E-state index in [1.54, 1.807) is 12.1 Å². The van der Waals surface area contributed by atoms with Crippen molar-refractivity contribution in [3.8, 4) is 5.75 Å². The van der Waals surface area contributed by atoms with Gasteiger partial charge in [0.15, 0.2) is 14.1 Å². The first-order valence-corrected chi connectivity index (χ1v) is 16.5. The van der Waals surface area contributed by atoms with Crippen molar-refractivity contribution < 1.29 is 28.2 Å². The molecule has 1 aliphatic carbocycles. The van der Waals surface area contributed by atoms with Crippen LogP contribution in [0.5, 0.6) is 5.75 Å². The summed E-state index contributed by atoms with van der Waals surface area (Å²) < 4.78 is 26.5. The summed E-state index contributed by atoms with van der Waals surface area (Å²) in [6, 6.07) is 8.32. The topological polar surface area (TPSA) is 72.8 Å². The first-order chi connectivity index (χ1) is 17.7. The molecule has 38 heavy (non-hydrogen) atoms. The number of esters is 1. The number of ether oxygens (including phenoxy) is 1. The van der Waals surface area contributed by atoms with Crippen LogP contribution in [0.3, 0.4) is 0 Å². The molecule has 1 saturated carbocycles. The van der Waals surface area contributed by atoms with Gasteiger partial charge in [-0.2, -0.15) is 0 Å². The van der Waals surface area contributed by atoms with Crippen molar-refractivity contribution in [1.82, 2.24) is 0 Å². The monoisotopic (exact) mass is 562 g/mol. The van der Waals surface area contributed by atoms with E-state index in [1.807, 2.05) is 13.0 Å². The number of carbonyl (C=O) groups is 2. The summed E-state index contributed by atoms with van der Waals surface area (Å²) in [5, 5.41) is 10.9. The lowest BCUT2D eigenvalue weighted by Gasteiger charge is -2.36. The van der Waals surface area contributed by atoms with Gasteiger partial charge in [-0.15, -0.1) is 0 Å². The van der Waals surface area contributed by atoms with Gasteiger partial charge in [0.1, 0.15) is 11.6 Å². The first kappa shape index (κ1) is 30.3. The molecule has 208 valence electrons. The molecule has 8 heteroatoms. The van der Waals surface area contributed by atoms with Gasteiger partial charge in [0.25, 0.3) is 0 Å². The van der Waals surface area contributed by atoms with E-state index in [4.69, 9.17) is 20.8 Å². The fourth-order valence-electron chi connectivity index (χ4n) is 4.55. The van der Waals surface area contributed by atoms with Crippen LogP contribution >= 0.6 is 11.6 Å². The van der Waals surface area contributed by atoms with Gasteiger partial charge < -0.3 is 14.3 Å². The summed E-state index contributed by atoms with van der Waals surface area (Å²) in [5.41, 5.74) is 1.65. The molecule has 0 heterocycles. The smallest absolute Gasteiger partial charge is 0.309 e. The van der Waals surface area contributed by atoms with E-state index >= 15 is 4.39 Å². The molecular formula is C30H40ClFO5Si. The lowest BCUT2D eigenvalue weighted by molar-refractivity contribution is -0.145. The van der Waals surface area contributed by atoms with Gasteiger partial charge in [0, 0.05) is 17.0 Å². The zero-order valence-electron chi connectivity index (χ0n) is 23.5. The number of ketones is 1. The van der Waals surface area contributed by atoms with E-state index in [0.29, 0.717) is 11.5 Å². The lowest BCUT2D eigenvalue weighted by Crippen LogP contribution is -2.40. The average Bonchev–Trinajstić information content (AvgIpc) is 3.67. The minimum absolute atomic E-state index is 0.0106. The third-order valence-corrected chi connectivity index (χ3v) is 13.1. The minimum atomic E-state index is -2.14. The number of aromatic hydroxyl groups is 1. The summed E-state index contributed by atoms with van der Waals surface area (Å²) >= 11 is 6.28. The highest BCUT2D eigenvalue weighted by Crippen LogP contribution is 2.47. The molecule has 0 bridgehead atoms. The van der Waals surface area contributed by atoms with Crippen LogP contribution in [0, 0.1) is 17.7 Å². The number of phenolic OH excluding ortho intramolecular Hbond substituents is 1. The Hall–Kier alpha value is -2.22. The van der Waals surface area contributed by atoms with Crippen LogP contribution in [0.4, 0.5) is 4.39 Å². The summed E-state index contributed by atoms with van der Waals surface area (Å²) in [6.45, 7) is 12.3. The first-order valence-electron chi connectivity index (χ1n) is 13.2. The summed E-state index contributed by atoms with van der Waals surface area (Å²) in [6.07, 6.45) is 2.36. The van der Waals surface area contributed by atoms with Gasteiger partial charge in [-0.1, -0.05) is 51.4 Å². The molecule has 3 rings (SSSR count). The molecule has 2 aromatic rings. The molecule has 0 saturated heterocycles. The minimum Gasteiger partial charge on any atom is -0.508 e. The second kappa shape index (κ2) is 11.9. The SMILES string of the molecule is COC(=O)C(C)C(c1ccc(CCC(=O)c2ccc(Cl)c(CO[Si](C)(C)C(C)(C)C)c2F)c(O)c1)C1CC1. The number of aryl methyl sites for hydroxylation is 1. The fourth-order valence-corrected chi connectivity index (χ4v) is 5.69. The molecule has 1 fully saturated rings. The predicted molar refractivity (Wildman–Crippen MR) is 151 cm³/mol. The molecule has 2 unspecified atom stereocenters. The molecule has 0 spiro atoms. The lowest BCUT2D eigenvalue weighted by atomic mass is 9.82. The number of hydrogen-bond acceptors (Lipinski definition) is 5. The van der Waals surface area contributed by atoms with Gasteiger partial charge in [-0.05, 0) is 78.6 Å². The zero-order valence-corrected chi connectivity index (χ0v) is 25.2. The maximum absolute atomic E-state index is 15.4. The van der Waals surface area contributed by atoms with Crippen LogP contribution in [0.15, 0.2) is 30.3 Å². The second-order valence-electron chi connectivity index (χ2n) is 11.9. The highest BCUT2D eigenvalue weighted by Gasteiger charge is 2.39. The van der Waals surface area contributed by atoms with Crippen molar-refractivity contribution in [2.75, 3.05) is 7.11 Å². The Bertz CT molecular complexity index is 1190. The van der Waals surface area contributed by atoms with Crippen LogP contribution in [-0.2, 0) is 27.0 Å². The van der Waals surface area contributed by atoms with E-state index in [0.717, 1.165) is 18.4 Å². The van der Waals surface area contributed by atoms with E-state index in [1.165, 1.54) is 19.2 Å². The summed E-state index contributed by atoms with van der Waals surface area (Å²) in [4.78, 5) is 25.2. The van der Waals surface area contributed by atoms with Crippen LogP contribution in [0.1, 0.15) is 79.9 Å². The number of phenols is 1. The normalized spacial score (nSPS) is 15.7. The number of methoxy groups -OCH3 is 1. The third-order valence-electron chi connectivity index (χ3n) is 8.23. The van der Waals surface area contributed by atoms with E-state index in [2.05, 4.69) is 33.9 Å². The number of benzene rings is 2. The van der Waals surface area contributed by atoms with Crippen molar-refractivity contribution in [1.29, 1.82) is 0 Å². The van der Waals surface area contributed by atoms with Crippen LogP contribution in [0.2, 0.25) is 23.2 Å².